The van der Waals surface area contributed by atoms with Crippen molar-refractivity contribution in [2.75, 3.05) is 39.6 Å². The quantitative estimate of drug-likeness (QED) is 0.0222. The van der Waals surface area contributed by atoms with Crippen molar-refractivity contribution in [1.29, 1.82) is 0 Å². The lowest BCUT2D eigenvalue weighted by Gasteiger charge is -2.21. The van der Waals surface area contributed by atoms with Gasteiger partial charge in [0, 0.05) is 25.7 Å². The zero-order valence-electron chi connectivity index (χ0n) is 71.9. The van der Waals surface area contributed by atoms with Crippen LogP contribution in [-0.2, 0) is 65.4 Å². The predicted octanol–water partition coefficient (Wildman–Crippen LogP) is 27.8. The Labute approximate surface area is 670 Å². The highest BCUT2D eigenvalue weighted by Gasteiger charge is 2.31. The highest BCUT2D eigenvalue weighted by Crippen LogP contribution is 2.45. The zero-order chi connectivity index (χ0) is 79.9. The molecule has 0 saturated heterocycles. The first kappa shape index (κ1) is 107. The van der Waals surface area contributed by atoms with Crippen LogP contribution in [0.5, 0.6) is 0 Å². The molecule has 0 spiro atoms. The Morgan fingerprint density at radius 1 is 0.266 bits per heavy atom. The Morgan fingerprint density at radius 2 is 0.468 bits per heavy atom. The molecule has 0 aliphatic heterocycles. The van der Waals surface area contributed by atoms with Crippen LogP contribution < -0.4 is 0 Å². The van der Waals surface area contributed by atoms with Gasteiger partial charge in [0.2, 0.25) is 0 Å². The number of aliphatic hydroxyl groups excluding tert-OH is 1. The average molecular weight is 1590 g/mol. The maximum atomic E-state index is 13.2. The fourth-order valence-corrected chi connectivity index (χ4v) is 15.7. The number of hydrogen-bond donors (Lipinski definition) is 3. The lowest BCUT2D eigenvalue weighted by Crippen LogP contribution is -2.30. The Morgan fingerprint density at radius 3 is 0.697 bits per heavy atom. The molecule has 0 bridgehead atoms. The molecule has 0 rings (SSSR count). The monoisotopic (exact) mass is 1590 g/mol. The second-order valence-electron chi connectivity index (χ2n) is 33.1. The lowest BCUT2D eigenvalue weighted by molar-refractivity contribution is -0.161. The zero-order valence-corrected chi connectivity index (χ0v) is 73.7. The number of aliphatic hydroxyl groups is 1. The second-order valence-corrected chi connectivity index (χ2v) is 36.0. The number of ether oxygens (including phenoxy) is 4. The van der Waals surface area contributed by atoms with Crippen LogP contribution >= 0.6 is 15.6 Å². The summed E-state index contributed by atoms with van der Waals surface area (Å²) >= 11 is 0. The summed E-state index contributed by atoms with van der Waals surface area (Å²) in [5.74, 6) is -0.430. The number of carbonyl (C=O) groups is 4. The summed E-state index contributed by atoms with van der Waals surface area (Å²) in [5, 5.41) is 10.7. The molecule has 19 heteroatoms. The van der Waals surface area contributed by atoms with E-state index in [1.807, 2.05) is 0 Å². The molecule has 0 aromatic rings. The molecular weight excluding hydrogens is 1410 g/mol. The van der Waals surface area contributed by atoms with Crippen LogP contribution in [0, 0.1) is 11.8 Å². The molecule has 0 aromatic carbocycles. The van der Waals surface area contributed by atoms with Gasteiger partial charge in [-0.1, -0.05) is 433 Å². The van der Waals surface area contributed by atoms with E-state index in [1.165, 1.54) is 302 Å². The third-order valence-corrected chi connectivity index (χ3v) is 23.5. The first-order valence-corrected chi connectivity index (χ1v) is 49.5. The van der Waals surface area contributed by atoms with Crippen LogP contribution in [0.1, 0.15) is 485 Å². The summed E-state index contributed by atoms with van der Waals surface area (Å²) in [7, 11) is -9.93. The SMILES string of the molecule is CCCCCCCCCCCCCCCCCCCCCC(=O)OC[C@H](COP(=O)(O)OC[C@@H](O)COP(=O)(O)OC[C@@H](COC(=O)CCCCCCCCCCCCC)OC(=O)CCCCCCCCCCCCCCCCC(C)C)OC(=O)CCCCCCCCCCCCCCCCCCCCC(C)CC. The minimum atomic E-state index is -4.97. The van der Waals surface area contributed by atoms with Gasteiger partial charge in [-0.25, -0.2) is 9.13 Å². The van der Waals surface area contributed by atoms with Crippen molar-refractivity contribution < 1.29 is 80.2 Å². The molecule has 3 unspecified atom stereocenters. The number of hydrogen-bond acceptors (Lipinski definition) is 15. The van der Waals surface area contributed by atoms with Crippen molar-refractivity contribution in [3.05, 3.63) is 0 Å². The van der Waals surface area contributed by atoms with Crippen LogP contribution in [0.4, 0.5) is 0 Å². The first-order chi connectivity index (χ1) is 52.9. The van der Waals surface area contributed by atoms with E-state index in [0.29, 0.717) is 25.7 Å². The third-order valence-electron chi connectivity index (χ3n) is 21.6. The van der Waals surface area contributed by atoms with Gasteiger partial charge in [0.25, 0.3) is 0 Å². The van der Waals surface area contributed by atoms with Gasteiger partial charge >= 0.3 is 39.5 Å². The standard InChI is InChI=1S/C90H176O17P2/c1-7-10-12-14-16-18-20-21-22-23-24-28-31-37-43-49-55-61-67-73-88(93)101-79-86(107-89(94)74-68-62-56-50-44-38-32-29-26-25-27-30-36-42-47-53-59-65-71-83(6)9-3)81-105-109(98,99)103-77-84(91)76-102-108(96,97)104-80-85(78-100-87(92)72-66-60-54-48-40-19-17-15-13-11-8-2)106-90(95)75-69-63-57-51-45-39-34-33-35-41-46-52-58-64-70-82(4)5/h82-86,91H,7-81H2,1-6H3,(H,96,97)(H,98,99)/t83?,84-,85+,86+/m0/s1. The molecule has 0 aromatic heterocycles. The minimum Gasteiger partial charge on any atom is -0.462 e. The van der Waals surface area contributed by atoms with E-state index in [2.05, 4.69) is 41.5 Å². The van der Waals surface area contributed by atoms with E-state index in [-0.39, 0.29) is 25.7 Å². The van der Waals surface area contributed by atoms with E-state index < -0.39 is 97.5 Å². The smallest absolute Gasteiger partial charge is 0.462 e. The lowest BCUT2D eigenvalue weighted by atomic mass is 9.99. The van der Waals surface area contributed by atoms with Gasteiger partial charge in [-0.3, -0.25) is 37.3 Å². The molecule has 0 radical (unpaired) electrons. The number of rotatable bonds is 89. The molecule has 648 valence electrons. The number of unbranched alkanes of at least 4 members (excludes halogenated alkanes) is 58. The summed E-state index contributed by atoms with van der Waals surface area (Å²) in [4.78, 5) is 73.4. The van der Waals surface area contributed by atoms with Crippen molar-refractivity contribution in [3.8, 4) is 0 Å². The third kappa shape index (κ3) is 82.4. The fourth-order valence-electron chi connectivity index (χ4n) is 14.1. The maximum absolute atomic E-state index is 13.2. The van der Waals surface area contributed by atoms with Crippen LogP contribution in [0.15, 0.2) is 0 Å². The molecule has 0 aliphatic rings. The Bertz CT molecular complexity index is 2080. The van der Waals surface area contributed by atoms with E-state index in [0.717, 1.165) is 102 Å². The van der Waals surface area contributed by atoms with Gasteiger partial charge < -0.3 is 33.8 Å². The van der Waals surface area contributed by atoms with Gasteiger partial charge in [0.05, 0.1) is 26.4 Å². The van der Waals surface area contributed by atoms with Gasteiger partial charge in [-0.15, -0.1) is 0 Å². The van der Waals surface area contributed by atoms with E-state index in [4.69, 9.17) is 37.0 Å². The summed E-state index contributed by atoms with van der Waals surface area (Å²) in [6.45, 7) is 9.78. The molecule has 109 heavy (non-hydrogen) atoms. The Balaban J connectivity index is 5.23. The molecule has 0 heterocycles. The van der Waals surface area contributed by atoms with Gasteiger partial charge in [0.1, 0.15) is 19.3 Å². The van der Waals surface area contributed by atoms with Crippen molar-refractivity contribution in [1.82, 2.24) is 0 Å². The van der Waals surface area contributed by atoms with Crippen molar-refractivity contribution in [2.24, 2.45) is 11.8 Å². The molecule has 17 nitrogen and oxygen atoms in total. The molecule has 0 saturated carbocycles. The summed E-state index contributed by atoms with van der Waals surface area (Å²) < 4.78 is 69.0. The summed E-state index contributed by atoms with van der Waals surface area (Å²) in [6.07, 6.45) is 74.9. The maximum Gasteiger partial charge on any atom is 0.472 e. The van der Waals surface area contributed by atoms with Crippen molar-refractivity contribution in [2.45, 2.75) is 503 Å². The molecular formula is C90H176O17P2. The first-order valence-electron chi connectivity index (χ1n) is 46.5. The van der Waals surface area contributed by atoms with E-state index in [9.17, 15) is 43.2 Å². The number of phosphoric ester groups is 2. The van der Waals surface area contributed by atoms with Crippen LogP contribution in [0.2, 0.25) is 0 Å². The number of esters is 4. The van der Waals surface area contributed by atoms with Crippen molar-refractivity contribution >= 4 is 39.5 Å². The normalized spacial score (nSPS) is 14.0. The summed E-state index contributed by atoms with van der Waals surface area (Å²) in [6, 6.07) is 0. The van der Waals surface area contributed by atoms with Crippen molar-refractivity contribution in [3.63, 3.8) is 0 Å². The van der Waals surface area contributed by atoms with Crippen LogP contribution in [-0.4, -0.2) is 96.7 Å². The second kappa shape index (κ2) is 81.2. The molecule has 0 amide bonds. The molecule has 6 atom stereocenters. The summed E-state index contributed by atoms with van der Waals surface area (Å²) in [5.41, 5.74) is 0. The highest BCUT2D eigenvalue weighted by atomic mass is 31.2. The predicted molar refractivity (Wildman–Crippen MR) is 451 cm³/mol. The number of carbonyl (C=O) groups excluding carboxylic acids is 4. The minimum absolute atomic E-state index is 0.108. The average Bonchev–Trinajstić information content (AvgIpc) is 0.897. The van der Waals surface area contributed by atoms with Crippen LogP contribution in [0.25, 0.3) is 0 Å². The van der Waals surface area contributed by atoms with Gasteiger partial charge in [-0.2, -0.15) is 0 Å². The Hall–Kier alpha value is -1.94. The van der Waals surface area contributed by atoms with E-state index >= 15 is 0 Å². The topological polar surface area (TPSA) is 237 Å². The van der Waals surface area contributed by atoms with Gasteiger partial charge in [-0.05, 0) is 37.5 Å². The molecule has 3 N–H and O–H groups in total. The highest BCUT2D eigenvalue weighted by molar-refractivity contribution is 7.47. The van der Waals surface area contributed by atoms with E-state index in [1.54, 1.807) is 0 Å². The largest absolute Gasteiger partial charge is 0.472 e. The van der Waals surface area contributed by atoms with Crippen LogP contribution in [0.3, 0.4) is 0 Å². The Kier molecular flexibility index (Phi) is 79.8. The molecule has 0 aliphatic carbocycles. The fraction of sp³-hybridized carbons (Fsp3) is 0.956. The molecule has 0 fully saturated rings. The van der Waals surface area contributed by atoms with Gasteiger partial charge in [0.15, 0.2) is 12.2 Å². The number of phosphoric acid groups is 2.